The van der Waals surface area contributed by atoms with Crippen molar-refractivity contribution in [2.24, 2.45) is 10.8 Å². The van der Waals surface area contributed by atoms with Gasteiger partial charge in [0.15, 0.2) is 25.2 Å². The molecule has 41 heteroatoms. The Morgan fingerprint density at radius 3 is 0.931 bits per heavy atom. The lowest BCUT2D eigenvalue weighted by molar-refractivity contribution is -0.562. The molecule has 0 bridgehead atoms. The number of esters is 6. The van der Waals surface area contributed by atoms with Crippen molar-refractivity contribution in [1.29, 1.82) is 0 Å². The Kier molecular flexibility index (Phi) is 29.7. The summed E-state index contributed by atoms with van der Waals surface area (Å²) in [6, 6.07) is 0. The Morgan fingerprint density at radius 2 is 0.575 bits per heavy atom. The molecule has 0 aromatic heterocycles. The fraction of sp³-hybridized carbons (Fsp3) is 0.609. The van der Waals surface area contributed by atoms with Crippen LogP contribution in [0.3, 0.4) is 0 Å². The molecule has 0 spiro atoms. The van der Waals surface area contributed by atoms with E-state index in [0.29, 0.717) is 0 Å². The minimum absolute atomic E-state index is 0.0395. The SMILES string of the molecule is C=CC(=O)OCCC(F)(F)OCC(COCC(F)(F)COC(=O)C=C)(C(F)(F)OC(F)(F)CCOC(=O)C=C)C(F)(F)OC(F)(F)C(COCC(F)(F)COC(=O)C=C)(C(F)(F)OCC(F)(F)COC(=O)C=C)C(F)(F)OC(F)(F)CCOC(=O)C=C. The van der Waals surface area contributed by atoms with E-state index in [9.17, 15) is 55.1 Å². The van der Waals surface area contributed by atoms with Gasteiger partial charge in [-0.3, -0.25) is 14.2 Å². The minimum Gasteiger partial charge on any atom is -0.462 e. The van der Waals surface area contributed by atoms with Crippen LogP contribution in [0.1, 0.15) is 19.3 Å². The van der Waals surface area contributed by atoms with Crippen molar-refractivity contribution in [3.8, 4) is 0 Å². The van der Waals surface area contributed by atoms with E-state index in [1.165, 1.54) is 0 Å². The molecule has 0 aromatic rings. The maximum Gasteiger partial charge on any atom is 0.385 e. The first-order valence-corrected chi connectivity index (χ1v) is 22.9. The highest BCUT2D eigenvalue weighted by molar-refractivity contribution is 5.82. The molecule has 0 aromatic carbocycles. The van der Waals surface area contributed by atoms with Gasteiger partial charge in [-0.1, -0.05) is 39.5 Å². The van der Waals surface area contributed by atoms with Crippen LogP contribution in [0.4, 0.5) is 96.6 Å². The maximum atomic E-state index is 17.3. The Bertz CT molecular complexity index is 2390. The molecule has 2 atom stereocenters. The lowest BCUT2D eigenvalue weighted by atomic mass is 9.82. The van der Waals surface area contributed by atoms with Crippen LogP contribution in [0, 0.1) is 10.8 Å². The van der Waals surface area contributed by atoms with Crippen molar-refractivity contribution in [1.82, 2.24) is 0 Å². The van der Waals surface area contributed by atoms with E-state index in [1.807, 2.05) is 0 Å². The van der Waals surface area contributed by atoms with Crippen LogP contribution >= 0.6 is 0 Å². The summed E-state index contributed by atoms with van der Waals surface area (Å²) >= 11 is 0. The summed E-state index contributed by atoms with van der Waals surface area (Å²) in [6.45, 7) is -18.7. The third-order valence-electron chi connectivity index (χ3n) is 9.89. The second-order valence-corrected chi connectivity index (χ2v) is 16.7. The van der Waals surface area contributed by atoms with E-state index < -0.39 is 212 Å². The smallest absolute Gasteiger partial charge is 0.385 e. The van der Waals surface area contributed by atoms with Gasteiger partial charge < -0.3 is 47.4 Å². The van der Waals surface area contributed by atoms with Crippen molar-refractivity contribution < 1.29 is 187 Å². The zero-order valence-electron chi connectivity index (χ0n) is 43.9. The highest BCUT2D eigenvalue weighted by Gasteiger charge is 2.88. The number of halogens is 22. The highest BCUT2D eigenvalue weighted by atomic mass is 19.3. The molecular weight excluding hydrogens is 1270 g/mol. The van der Waals surface area contributed by atoms with Crippen molar-refractivity contribution in [3.63, 3.8) is 0 Å². The van der Waals surface area contributed by atoms with Crippen LogP contribution in [0.15, 0.2) is 75.9 Å². The number of ether oxygens (including phenoxy) is 13. The first-order chi connectivity index (χ1) is 39.4. The van der Waals surface area contributed by atoms with E-state index in [1.54, 1.807) is 0 Å². The molecule has 0 N–H and O–H groups in total. The van der Waals surface area contributed by atoms with Gasteiger partial charge in [0, 0.05) is 36.5 Å². The van der Waals surface area contributed by atoms with Crippen LogP contribution in [0.5, 0.6) is 0 Å². The normalized spacial score (nSPS) is 14.7. The Morgan fingerprint density at radius 1 is 0.287 bits per heavy atom. The molecule has 0 amide bonds. The van der Waals surface area contributed by atoms with Crippen molar-refractivity contribution in [2.45, 2.75) is 85.9 Å². The number of carbonyl (C=O) groups is 6. The summed E-state index contributed by atoms with van der Waals surface area (Å²) < 4.78 is 398. The highest BCUT2D eigenvalue weighted by Crippen LogP contribution is 2.64. The van der Waals surface area contributed by atoms with Gasteiger partial charge in [-0.25, -0.2) is 55.1 Å². The molecule has 0 fully saturated rings. The van der Waals surface area contributed by atoms with Gasteiger partial charge in [-0.05, 0) is 0 Å². The van der Waals surface area contributed by atoms with Crippen LogP contribution in [-0.2, 0) is 90.3 Å². The van der Waals surface area contributed by atoms with Gasteiger partial charge in [-0.2, -0.15) is 70.2 Å². The average molecular weight is 1320 g/mol. The Labute approximate surface area is 474 Å². The molecule has 0 rings (SSSR count). The second kappa shape index (κ2) is 32.1. The number of rotatable bonds is 46. The van der Waals surface area contributed by atoms with Crippen molar-refractivity contribution in [3.05, 3.63) is 75.9 Å². The van der Waals surface area contributed by atoms with Crippen molar-refractivity contribution in [2.75, 3.05) is 79.3 Å². The topological polar surface area (TPSA) is 222 Å². The van der Waals surface area contributed by atoms with Gasteiger partial charge in [0.25, 0.3) is 5.41 Å². The summed E-state index contributed by atoms with van der Waals surface area (Å²) in [5.74, 6) is -26.5. The number of hydrogen-bond donors (Lipinski definition) is 0. The minimum atomic E-state index is -8.43. The van der Waals surface area contributed by atoms with E-state index in [4.69, 9.17) is 0 Å². The molecule has 0 aliphatic rings. The lowest BCUT2D eigenvalue weighted by Gasteiger charge is -2.50. The molecule has 0 aliphatic carbocycles. The molecule has 0 saturated carbocycles. The number of alkyl halides is 22. The molecule has 0 heterocycles. The second-order valence-electron chi connectivity index (χ2n) is 16.7. The maximum absolute atomic E-state index is 17.3. The first-order valence-electron chi connectivity index (χ1n) is 22.9. The van der Waals surface area contributed by atoms with E-state index in [-0.39, 0.29) is 36.5 Å². The van der Waals surface area contributed by atoms with Gasteiger partial charge in [0.1, 0.15) is 19.8 Å². The van der Waals surface area contributed by atoms with Crippen LogP contribution in [0.2, 0.25) is 0 Å². The molecule has 0 radical (unpaired) electrons. The summed E-state index contributed by atoms with van der Waals surface area (Å²) in [5, 5.41) is 0. The molecule has 2 unspecified atom stereocenters. The quantitative estimate of drug-likeness (QED) is 0.0240. The predicted molar refractivity (Wildman–Crippen MR) is 237 cm³/mol. The van der Waals surface area contributed by atoms with E-state index in [0.717, 1.165) is 0 Å². The summed E-state index contributed by atoms with van der Waals surface area (Å²) in [4.78, 5) is 68.5. The van der Waals surface area contributed by atoms with Crippen LogP contribution in [-0.4, -0.2) is 182 Å². The monoisotopic (exact) mass is 1320 g/mol. The first kappa shape index (κ1) is 80.4. The third-order valence-corrected chi connectivity index (χ3v) is 9.89. The molecule has 87 heavy (non-hydrogen) atoms. The Balaban J connectivity index is 9.37. The van der Waals surface area contributed by atoms with Crippen molar-refractivity contribution >= 4 is 35.8 Å². The van der Waals surface area contributed by atoms with Crippen LogP contribution < -0.4 is 0 Å². The summed E-state index contributed by atoms with van der Waals surface area (Å²) in [7, 11) is 0. The molecule has 0 saturated heterocycles. The fourth-order valence-corrected chi connectivity index (χ4v) is 5.48. The zero-order valence-corrected chi connectivity index (χ0v) is 43.9. The molecule has 0 aliphatic heterocycles. The standard InChI is InChI=1S/C46H48F22O19/c1-7-28(69)77-16-13-39(53,54)83-20-34(19-75-21-35(47,48)23-80-31(72)10-4,42(59,60)85-40(55,56)14-17-78-29(70)8-2)43(61,62)87-46(67,68)38(27-76-22-36(49,50)24-81-32(73)11-5,44(63,64)84-26-37(51,52)25-82-33(74)12-6)45(65,66)86-41(57,58)15-18-79-30(71)9-3/h7-12H,1-6,13-27H2. The van der Waals surface area contributed by atoms with Gasteiger partial charge in [-0.15, -0.1) is 0 Å². The molecular formula is C46H48F22O19. The Hall–Kier alpha value is -6.56. The lowest BCUT2D eigenvalue weighted by Crippen LogP contribution is -2.72. The van der Waals surface area contributed by atoms with Gasteiger partial charge in [0.2, 0.25) is 0 Å². The largest absolute Gasteiger partial charge is 0.462 e. The molecule has 500 valence electrons. The molecule has 19 nitrogen and oxygen atoms in total. The number of hydrogen-bond acceptors (Lipinski definition) is 19. The fourth-order valence-electron chi connectivity index (χ4n) is 5.48. The summed E-state index contributed by atoms with van der Waals surface area (Å²) in [6.07, 6.45) is -64.7. The van der Waals surface area contributed by atoms with E-state index in [2.05, 4.69) is 101 Å². The van der Waals surface area contributed by atoms with E-state index >= 15 is 70.2 Å². The predicted octanol–water partition coefficient (Wildman–Crippen LogP) is 9.27. The van der Waals surface area contributed by atoms with Crippen LogP contribution in [0.25, 0.3) is 0 Å². The average Bonchev–Trinajstić information content (AvgIpc) is 0.729. The zero-order chi connectivity index (χ0) is 68.0. The number of carbonyl (C=O) groups excluding carboxylic acids is 6. The van der Waals surface area contributed by atoms with Gasteiger partial charge in [0.05, 0.1) is 58.9 Å². The summed E-state index contributed by atoms with van der Waals surface area (Å²) in [5.41, 5.74) is -14.5. The third kappa shape index (κ3) is 25.2. The van der Waals surface area contributed by atoms with Gasteiger partial charge >= 0.3 is 102 Å².